The Morgan fingerprint density at radius 2 is 2.07 bits per heavy atom. The van der Waals surface area contributed by atoms with Crippen molar-refractivity contribution in [1.82, 2.24) is 15.0 Å². The van der Waals surface area contributed by atoms with E-state index in [1.165, 1.54) is 0 Å². The van der Waals surface area contributed by atoms with Gasteiger partial charge in [0.25, 0.3) is 0 Å². The molecule has 0 amide bonds. The quantitative estimate of drug-likeness (QED) is 0.641. The summed E-state index contributed by atoms with van der Waals surface area (Å²) in [6.07, 6.45) is 0.719. The second kappa shape index (κ2) is 4.52. The standard InChI is InChI=1S/C10H8IN3O/c11-10-9(7-15)12-13-14(10)6-8-4-2-1-3-5-8/h1-5,7H,6H2. The molecule has 1 aromatic heterocycles. The molecule has 5 heteroatoms. The van der Waals surface area contributed by atoms with E-state index in [2.05, 4.69) is 32.9 Å². The van der Waals surface area contributed by atoms with Gasteiger partial charge in [-0.25, -0.2) is 4.68 Å². The molecule has 4 nitrogen and oxygen atoms in total. The Balaban J connectivity index is 2.25. The fraction of sp³-hybridized carbons (Fsp3) is 0.100. The molecular weight excluding hydrogens is 305 g/mol. The summed E-state index contributed by atoms with van der Waals surface area (Å²) in [6.45, 7) is 0.639. The summed E-state index contributed by atoms with van der Waals surface area (Å²) >= 11 is 2.07. The lowest BCUT2D eigenvalue weighted by atomic mass is 10.2. The highest BCUT2D eigenvalue weighted by atomic mass is 127. The van der Waals surface area contributed by atoms with E-state index in [0.717, 1.165) is 15.6 Å². The van der Waals surface area contributed by atoms with E-state index in [-0.39, 0.29) is 0 Å². The minimum atomic E-state index is 0.395. The van der Waals surface area contributed by atoms with Crippen molar-refractivity contribution in [2.24, 2.45) is 0 Å². The molecule has 15 heavy (non-hydrogen) atoms. The second-order valence-electron chi connectivity index (χ2n) is 3.03. The molecule has 0 bridgehead atoms. The van der Waals surface area contributed by atoms with Gasteiger partial charge in [0, 0.05) is 0 Å². The van der Waals surface area contributed by atoms with Crippen LogP contribution in [-0.2, 0) is 6.54 Å². The van der Waals surface area contributed by atoms with Gasteiger partial charge in [0.15, 0.2) is 12.0 Å². The predicted octanol–water partition coefficient (Wildman–Crippen LogP) is 1.74. The number of rotatable bonds is 3. The van der Waals surface area contributed by atoms with E-state index >= 15 is 0 Å². The van der Waals surface area contributed by atoms with E-state index in [1.54, 1.807) is 4.68 Å². The van der Waals surface area contributed by atoms with Gasteiger partial charge < -0.3 is 0 Å². The van der Waals surface area contributed by atoms with Gasteiger partial charge in [-0.3, -0.25) is 4.79 Å². The fourth-order valence-corrected chi connectivity index (χ4v) is 1.75. The number of carbonyl (C=O) groups is 1. The minimum absolute atomic E-state index is 0.395. The SMILES string of the molecule is O=Cc1nnn(Cc2ccccc2)c1I. The van der Waals surface area contributed by atoms with Gasteiger partial charge in [0.2, 0.25) is 0 Å². The predicted molar refractivity (Wildman–Crippen MR) is 63.7 cm³/mol. The Morgan fingerprint density at radius 3 is 2.67 bits per heavy atom. The first-order valence-electron chi connectivity index (χ1n) is 4.39. The number of hydrogen-bond acceptors (Lipinski definition) is 3. The van der Waals surface area contributed by atoms with Gasteiger partial charge in [0.05, 0.1) is 6.54 Å². The molecule has 76 valence electrons. The van der Waals surface area contributed by atoms with Crippen LogP contribution < -0.4 is 0 Å². The number of aromatic nitrogens is 3. The van der Waals surface area contributed by atoms with Crippen LogP contribution >= 0.6 is 22.6 Å². The van der Waals surface area contributed by atoms with Crippen LogP contribution in [0.5, 0.6) is 0 Å². The van der Waals surface area contributed by atoms with Crippen molar-refractivity contribution in [3.05, 3.63) is 45.3 Å². The van der Waals surface area contributed by atoms with Crippen molar-refractivity contribution in [2.45, 2.75) is 6.54 Å². The smallest absolute Gasteiger partial charge is 0.173 e. The lowest BCUT2D eigenvalue weighted by molar-refractivity contribution is 0.111. The van der Waals surface area contributed by atoms with Gasteiger partial charge >= 0.3 is 0 Å². The number of nitrogens with zero attached hydrogens (tertiary/aromatic N) is 3. The molecular formula is C10H8IN3O. The van der Waals surface area contributed by atoms with Crippen molar-refractivity contribution in [3.63, 3.8) is 0 Å². The third kappa shape index (κ3) is 2.23. The molecule has 0 spiro atoms. The zero-order valence-corrected chi connectivity index (χ0v) is 9.96. The van der Waals surface area contributed by atoms with E-state index in [0.29, 0.717) is 12.2 Å². The maximum atomic E-state index is 10.6. The van der Waals surface area contributed by atoms with Crippen LogP contribution in [0.2, 0.25) is 0 Å². The Hall–Kier alpha value is -1.24. The molecule has 0 radical (unpaired) electrons. The van der Waals surface area contributed by atoms with Crippen LogP contribution in [-0.4, -0.2) is 21.3 Å². The van der Waals surface area contributed by atoms with Crippen LogP contribution in [0.25, 0.3) is 0 Å². The topological polar surface area (TPSA) is 47.8 Å². The molecule has 1 aromatic carbocycles. The summed E-state index contributed by atoms with van der Waals surface area (Å²) in [4.78, 5) is 10.6. The summed E-state index contributed by atoms with van der Waals surface area (Å²) in [5, 5.41) is 7.68. The monoisotopic (exact) mass is 313 g/mol. The van der Waals surface area contributed by atoms with Gasteiger partial charge in [0.1, 0.15) is 3.70 Å². The maximum Gasteiger partial charge on any atom is 0.173 e. The van der Waals surface area contributed by atoms with E-state index in [1.807, 2.05) is 30.3 Å². The Morgan fingerprint density at radius 1 is 1.33 bits per heavy atom. The molecule has 0 unspecified atom stereocenters. The molecule has 0 aliphatic rings. The minimum Gasteiger partial charge on any atom is -0.296 e. The van der Waals surface area contributed by atoms with Crippen LogP contribution in [0.15, 0.2) is 30.3 Å². The van der Waals surface area contributed by atoms with Gasteiger partial charge in [-0.05, 0) is 28.2 Å². The van der Waals surface area contributed by atoms with Gasteiger partial charge in [-0.15, -0.1) is 5.10 Å². The van der Waals surface area contributed by atoms with Crippen molar-refractivity contribution >= 4 is 28.9 Å². The molecule has 2 aromatic rings. The van der Waals surface area contributed by atoms with Crippen LogP contribution in [0, 0.1) is 3.70 Å². The second-order valence-corrected chi connectivity index (χ2v) is 4.05. The average molecular weight is 313 g/mol. The van der Waals surface area contributed by atoms with Gasteiger partial charge in [-0.1, -0.05) is 35.5 Å². The Labute approximate surface area is 100 Å². The van der Waals surface area contributed by atoms with Crippen molar-refractivity contribution in [1.29, 1.82) is 0 Å². The normalized spacial score (nSPS) is 10.2. The summed E-state index contributed by atoms with van der Waals surface area (Å²) in [5.74, 6) is 0. The summed E-state index contributed by atoms with van der Waals surface area (Å²) < 4.78 is 2.48. The first-order chi connectivity index (χ1) is 7.31. The third-order valence-corrected chi connectivity index (χ3v) is 3.09. The molecule has 0 saturated heterocycles. The highest BCUT2D eigenvalue weighted by molar-refractivity contribution is 14.1. The first kappa shape index (κ1) is 10.3. The highest BCUT2D eigenvalue weighted by Gasteiger charge is 2.08. The number of carbonyl (C=O) groups excluding carboxylic acids is 1. The number of benzene rings is 1. The number of aldehydes is 1. The van der Waals surface area contributed by atoms with Crippen LogP contribution in [0.4, 0.5) is 0 Å². The molecule has 0 fully saturated rings. The average Bonchev–Trinajstić information content (AvgIpc) is 2.62. The Kier molecular flexibility index (Phi) is 3.10. The summed E-state index contributed by atoms with van der Waals surface area (Å²) in [6, 6.07) is 9.93. The molecule has 0 aliphatic carbocycles. The van der Waals surface area contributed by atoms with Crippen molar-refractivity contribution in [3.8, 4) is 0 Å². The van der Waals surface area contributed by atoms with Crippen molar-refractivity contribution in [2.75, 3.05) is 0 Å². The van der Waals surface area contributed by atoms with Crippen molar-refractivity contribution < 1.29 is 4.79 Å². The Bertz CT molecular complexity index is 467. The van der Waals surface area contributed by atoms with E-state index < -0.39 is 0 Å². The maximum absolute atomic E-state index is 10.6. The number of hydrogen-bond donors (Lipinski definition) is 0. The first-order valence-corrected chi connectivity index (χ1v) is 5.47. The highest BCUT2D eigenvalue weighted by Crippen LogP contribution is 2.09. The lowest BCUT2D eigenvalue weighted by Crippen LogP contribution is -2.04. The number of halogens is 1. The lowest BCUT2D eigenvalue weighted by Gasteiger charge is -2.01. The zero-order chi connectivity index (χ0) is 10.7. The fourth-order valence-electron chi connectivity index (χ4n) is 1.24. The van der Waals surface area contributed by atoms with Crippen LogP contribution in [0.1, 0.15) is 16.1 Å². The van der Waals surface area contributed by atoms with E-state index in [4.69, 9.17) is 0 Å². The van der Waals surface area contributed by atoms with Crippen LogP contribution in [0.3, 0.4) is 0 Å². The van der Waals surface area contributed by atoms with Gasteiger partial charge in [-0.2, -0.15) is 0 Å². The molecule has 1 heterocycles. The molecule has 2 rings (SSSR count). The molecule has 0 saturated carbocycles. The summed E-state index contributed by atoms with van der Waals surface area (Å²) in [7, 11) is 0. The van der Waals surface area contributed by atoms with E-state index in [9.17, 15) is 4.79 Å². The molecule has 0 atom stereocenters. The largest absolute Gasteiger partial charge is 0.296 e. The molecule has 0 N–H and O–H groups in total. The zero-order valence-electron chi connectivity index (χ0n) is 7.80. The molecule has 0 aliphatic heterocycles. The summed E-state index contributed by atoms with van der Waals surface area (Å²) in [5.41, 5.74) is 1.53. The third-order valence-electron chi connectivity index (χ3n) is 1.99.